The minimum absolute atomic E-state index is 0.0902. The average molecular weight is 545 g/mol. The summed E-state index contributed by atoms with van der Waals surface area (Å²) < 4.78 is 19.5. The van der Waals surface area contributed by atoms with Crippen LogP contribution in [0.25, 0.3) is 11.1 Å². The first-order chi connectivity index (χ1) is 19.5. The Morgan fingerprint density at radius 3 is 2.65 bits per heavy atom. The van der Waals surface area contributed by atoms with Gasteiger partial charge in [0.2, 0.25) is 5.95 Å². The molecular formula is C30H33FN6O3. The molecule has 0 saturated carbocycles. The molecule has 2 heterocycles. The lowest BCUT2D eigenvalue weighted by atomic mass is 10.0. The number of aromatic hydroxyl groups is 2. The van der Waals surface area contributed by atoms with Crippen molar-refractivity contribution < 1.29 is 19.3 Å². The molecule has 208 valence electrons. The van der Waals surface area contributed by atoms with Crippen LogP contribution in [-0.2, 0) is 17.6 Å². The van der Waals surface area contributed by atoms with Crippen LogP contribution >= 0.6 is 0 Å². The van der Waals surface area contributed by atoms with Crippen molar-refractivity contribution in [2.24, 2.45) is 5.10 Å². The highest BCUT2D eigenvalue weighted by molar-refractivity contribution is 5.79. The molecule has 0 aliphatic carbocycles. The molecule has 0 unspecified atom stereocenters. The van der Waals surface area contributed by atoms with Crippen LogP contribution in [-0.4, -0.2) is 44.6 Å². The van der Waals surface area contributed by atoms with Crippen LogP contribution in [0.5, 0.6) is 11.5 Å². The summed E-state index contributed by atoms with van der Waals surface area (Å²) in [6.45, 7) is 5.28. The van der Waals surface area contributed by atoms with Crippen LogP contribution in [0.2, 0.25) is 0 Å². The smallest absolute Gasteiger partial charge is 0.243 e. The standard InChI is InChI=1S/C30H33FN6O3/c1-3-14-40-15-6-9-27-25(31)19-32-30(36-27)37-33-18-22-11-13-28(26(4-2)35-22)34-21-10-12-24(29(39)17-21)20-7-5-8-23(38)16-20/h5,7-8,10-13,16-19,34,38-39H,3-4,6,9,14-15H2,1-2H3,(H,32,36,37)/b33-18+. The van der Waals surface area contributed by atoms with Crippen molar-refractivity contribution in [1.82, 2.24) is 15.0 Å². The SMILES string of the molecule is CCCOCCCc1nc(N/N=C/c2ccc(Nc3ccc(-c4cccc(O)c4)c(O)c3)c(CC)n2)ncc1F. The van der Waals surface area contributed by atoms with E-state index < -0.39 is 5.82 Å². The summed E-state index contributed by atoms with van der Waals surface area (Å²) in [5, 5.41) is 27.8. The minimum Gasteiger partial charge on any atom is -0.508 e. The Balaban J connectivity index is 1.39. The van der Waals surface area contributed by atoms with E-state index in [2.05, 4.69) is 30.8 Å². The van der Waals surface area contributed by atoms with E-state index in [0.29, 0.717) is 55.1 Å². The summed E-state index contributed by atoms with van der Waals surface area (Å²) in [5.74, 6) is -0.0301. The van der Waals surface area contributed by atoms with Gasteiger partial charge in [-0.05, 0) is 67.6 Å². The number of anilines is 3. The second-order valence-corrected chi connectivity index (χ2v) is 9.07. The summed E-state index contributed by atoms with van der Waals surface area (Å²) in [5.41, 5.74) is 7.32. The van der Waals surface area contributed by atoms with E-state index in [9.17, 15) is 14.6 Å². The topological polar surface area (TPSA) is 125 Å². The molecule has 0 bridgehead atoms. The van der Waals surface area contributed by atoms with Crippen LogP contribution in [0.4, 0.5) is 21.7 Å². The quantitative estimate of drug-likeness (QED) is 0.0891. The van der Waals surface area contributed by atoms with Gasteiger partial charge in [-0.3, -0.25) is 0 Å². The van der Waals surface area contributed by atoms with Gasteiger partial charge in [0.1, 0.15) is 11.5 Å². The lowest BCUT2D eigenvalue weighted by Crippen LogP contribution is -2.05. The molecule has 0 amide bonds. The van der Waals surface area contributed by atoms with Gasteiger partial charge in [0.15, 0.2) is 5.82 Å². The molecule has 0 aliphatic heterocycles. The number of rotatable bonds is 13. The summed E-state index contributed by atoms with van der Waals surface area (Å²) in [6, 6.07) is 15.7. The molecule has 4 rings (SSSR count). The second-order valence-electron chi connectivity index (χ2n) is 9.07. The van der Waals surface area contributed by atoms with Crippen LogP contribution in [0.1, 0.15) is 43.8 Å². The van der Waals surface area contributed by atoms with E-state index in [1.54, 1.807) is 42.6 Å². The first-order valence-corrected chi connectivity index (χ1v) is 13.2. The third-order valence-corrected chi connectivity index (χ3v) is 5.99. The van der Waals surface area contributed by atoms with Gasteiger partial charge in [-0.25, -0.2) is 24.8 Å². The Bertz CT molecular complexity index is 1460. The maximum Gasteiger partial charge on any atom is 0.243 e. The largest absolute Gasteiger partial charge is 0.508 e. The Morgan fingerprint density at radius 2 is 1.88 bits per heavy atom. The zero-order valence-corrected chi connectivity index (χ0v) is 22.6. The Labute approximate surface area is 232 Å². The summed E-state index contributed by atoms with van der Waals surface area (Å²) in [6.07, 6.45) is 5.41. The van der Waals surface area contributed by atoms with Gasteiger partial charge in [0.05, 0.1) is 35.2 Å². The number of aromatic nitrogens is 3. The third-order valence-electron chi connectivity index (χ3n) is 5.99. The maximum atomic E-state index is 14.1. The van der Waals surface area contributed by atoms with Crippen molar-refractivity contribution in [3.8, 4) is 22.6 Å². The molecule has 0 saturated heterocycles. The normalized spacial score (nSPS) is 11.2. The molecule has 0 atom stereocenters. The second kappa shape index (κ2) is 14.0. The molecule has 10 heteroatoms. The molecule has 9 nitrogen and oxygen atoms in total. The number of phenolic OH excluding ortho intramolecular Hbond substituents is 2. The minimum atomic E-state index is -0.454. The maximum absolute atomic E-state index is 14.1. The summed E-state index contributed by atoms with van der Waals surface area (Å²) >= 11 is 0. The molecule has 4 N–H and O–H groups in total. The van der Waals surface area contributed by atoms with Crippen molar-refractivity contribution in [1.29, 1.82) is 0 Å². The van der Waals surface area contributed by atoms with Crippen molar-refractivity contribution in [3.63, 3.8) is 0 Å². The predicted molar refractivity (Wildman–Crippen MR) is 155 cm³/mol. The van der Waals surface area contributed by atoms with Crippen LogP contribution < -0.4 is 10.7 Å². The van der Waals surface area contributed by atoms with Crippen molar-refractivity contribution in [3.05, 3.63) is 83.7 Å². The molecule has 2 aromatic carbocycles. The predicted octanol–water partition coefficient (Wildman–Crippen LogP) is 6.20. The number of nitrogens with one attached hydrogen (secondary N) is 2. The Kier molecular flexibility index (Phi) is 9.95. The fourth-order valence-electron chi connectivity index (χ4n) is 4.03. The van der Waals surface area contributed by atoms with Gasteiger partial charge >= 0.3 is 0 Å². The van der Waals surface area contributed by atoms with Gasteiger partial charge in [0.25, 0.3) is 0 Å². The number of aryl methyl sites for hydroxylation is 2. The molecule has 40 heavy (non-hydrogen) atoms. The number of phenols is 2. The third kappa shape index (κ3) is 7.73. The van der Waals surface area contributed by atoms with Gasteiger partial charge < -0.3 is 20.3 Å². The number of nitrogens with zero attached hydrogens (tertiary/aromatic N) is 4. The highest BCUT2D eigenvalue weighted by Crippen LogP contribution is 2.34. The number of benzene rings is 2. The number of ether oxygens (including phenoxy) is 1. The summed E-state index contributed by atoms with van der Waals surface area (Å²) in [4.78, 5) is 12.8. The van der Waals surface area contributed by atoms with Gasteiger partial charge in [-0.2, -0.15) is 5.10 Å². The van der Waals surface area contributed by atoms with Gasteiger partial charge in [-0.1, -0.05) is 26.0 Å². The van der Waals surface area contributed by atoms with Crippen LogP contribution in [0, 0.1) is 5.82 Å². The van der Waals surface area contributed by atoms with Crippen LogP contribution in [0.15, 0.2) is 65.9 Å². The first-order valence-electron chi connectivity index (χ1n) is 13.2. The van der Waals surface area contributed by atoms with E-state index in [0.717, 1.165) is 29.6 Å². The van der Waals surface area contributed by atoms with E-state index in [1.807, 2.05) is 32.0 Å². The Hall–Kier alpha value is -4.57. The molecule has 2 aromatic heterocycles. The first kappa shape index (κ1) is 28.4. The van der Waals surface area contributed by atoms with Gasteiger partial charge in [-0.15, -0.1) is 0 Å². The molecule has 4 aromatic rings. The van der Waals surface area contributed by atoms with E-state index in [-0.39, 0.29) is 17.4 Å². The number of halogens is 1. The molecule has 0 fully saturated rings. The van der Waals surface area contributed by atoms with Gasteiger partial charge in [0, 0.05) is 30.5 Å². The Morgan fingerprint density at radius 1 is 1.00 bits per heavy atom. The number of hydrazone groups is 1. The molecule has 0 spiro atoms. The van der Waals surface area contributed by atoms with Crippen molar-refractivity contribution in [2.45, 2.75) is 39.5 Å². The number of hydrogen-bond acceptors (Lipinski definition) is 9. The van der Waals surface area contributed by atoms with E-state index in [4.69, 9.17) is 4.74 Å². The van der Waals surface area contributed by atoms with Crippen molar-refractivity contribution in [2.75, 3.05) is 24.0 Å². The fraction of sp³-hybridized carbons (Fsp3) is 0.267. The number of hydrogen-bond donors (Lipinski definition) is 4. The highest BCUT2D eigenvalue weighted by Gasteiger charge is 2.10. The monoisotopic (exact) mass is 544 g/mol. The highest BCUT2D eigenvalue weighted by atomic mass is 19.1. The number of pyridine rings is 1. The van der Waals surface area contributed by atoms with Crippen molar-refractivity contribution >= 4 is 23.5 Å². The molecule has 0 aliphatic rings. The molecule has 0 radical (unpaired) electrons. The lowest BCUT2D eigenvalue weighted by molar-refractivity contribution is 0.132. The van der Waals surface area contributed by atoms with E-state index >= 15 is 0 Å². The van der Waals surface area contributed by atoms with Crippen LogP contribution in [0.3, 0.4) is 0 Å². The zero-order chi connectivity index (χ0) is 28.3. The van der Waals surface area contributed by atoms with E-state index in [1.165, 1.54) is 0 Å². The lowest BCUT2D eigenvalue weighted by Gasteiger charge is -2.13. The fourth-order valence-corrected chi connectivity index (χ4v) is 4.03. The summed E-state index contributed by atoms with van der Waals surface area (Å²) in [7, 11) is 0. The zero-order valence-electron chi connectivity index (χ0n) is 22.6. The average Bonchev–Trinajstić information content (AvgIpc) is 2.95. The molecular weight excluding hydrogens is 511 g/mol.